The Kier molecular flexibility index (Phi) is 4.42. The molecule has 1 N–H and O–H groups in total. The van der Waals surface area contributed by atoms with Gasteiger partial charge in [-0.15, -0.1) is 0 Å². The highest BCUT2D eigenvalue weighted by atomic mass is 19.1. The molecular weight excluding hydrogens is 243 g/mol. The Morgan fingerprint density at radius 2 is 2.26 bits per heavy atom. The summed E-state index contributed by atoms with van der Waals surface area (Å²) in [4.78, 5) is 4.60. The van der Waals surface area contributed by atoms with Gasteiger partial charge in [-0.25, -0.2) is 4.39 Å². The number of phenols is 1. The zero-order chi connectivity index (χ0) is 14.0. The second-order valence-corrected chi connectivity index (χ2v) is 5.60. The summed E-state index contributed by atoms with van der Waals surface area (Å²) in [6.45, 7) is 4.17. The molecule has 3 nitrogen and oxygen atoms in total. The van der Waals surface area contributed by atoms with Crippen LogP contribution in [0.5, 0.6) is 5.75 Å². The zero-order valence-electron chi connectivity index (χ0n) is 11.9. The van der Waals surface area contributed by atoms with Crippen molar-refractivity contribution in [2.45, 2.75) is 31.8 Å². The molecule has 2 rings (SSSR count). The molecule has 106 valence electrons. The Labute approximate surface area is 114 Å². The number of nitrogens with zero attached hydrogens (tertiary/aromatic N) is 2. The first-order valence-corrected chi connectivity index (χ1v) is 6.88. The van der Waals surface area contributed by atoms with E-state index in [1.165, 1.54) is 25.0 Å². The molecule has 4 heteroatoms. The first-order chi connectivity index (χ1) is 8.99. The molecule has 2 unspecified atom stereocenters. The minimum Gasteiger partial charge on any atom is -0.508 e. The maximum absolute atomic E-state index is 13.0. The van der Waals surface area contributed by atoms with Gasteiger partial charge in [-0.2, -0.15) is 0 Å². The summed E-state index contributed by atoms with van der Waals surface area (Å²) < 4.78 is 13.0. The van der Waals surface area contributed by atoms with Gasteiger partial charge in [-0.1, -0.05) is 6.07 Å². The van der Waals surface area contributed by atoms with Gasteiger partial charge in [-0.3, -0.25) is 4.90 Å². The van der Waals surface area contributed by atoms with E-state index in [9.17, 15) is 9.50 Å². The van der Waals surface area contributed by atoms with E-state index in [0.717, 1.165) is 18.7 Å². The molecule has 0 aromatic heterocycles. The highest BCUT2D eigenvalue weighted by Crippen LogP contribution is 2.29. The number of aromatic hydroxyl groups is 1. The molecule has 1 heterocycles. The van der Waals surface area contributed by atoms with Gasteiger partial charge in [0.1, 0.15) is 11.6 Å². The Balaban J connectivity index is 2.03. The lowest BCUT2D eigenvalue weighted by atomic mass is 10.0. The normalized spacial score (nSPS) is 22.1. The smallest absolute Gasteiger partial charge is 0.126 e. The monoisotopic (exact) mass is 266 g/mol. The SMILES string of the molecule is CC(c1ccc(F)cc1O)N(C)CC1CCCN1C. The van der Waals surface area contributed by atoms with Gasteiger partial charge in [0.2, 0.25) is 0 Å². The van der Waals surface area contributed by atoms with Crippen molar-refractivity contribution in [3.63, 3.8) is 0 Å². The predicted octanol–water partition coefficient (Wildman–Crippen LogP) is 2.62. The number of likely N-dealkylation sites (tertiary alicyclic amines) is 1. The Morgan fingerprint density at radius 3 is 2.84 bits per heavy atom. The van der Waals surface area contributed by atoms with Crippen molar-refractivity contribution in [3.8, 4) is 5.75 Å². The Bertz CT molecular complexity index is 438. The van der Waals surface area contributed by atoms with Crippen molar-refractivity contribution in [3.05, 3.63) is 29.6 Å². The standard InChI is InChI=1S/C15H23FN2O/c1-11(14-7-6-12(16)9-15(14)19)18(3)10-13-5-4-8-17(13)2/h6-7,9,11,13,19H,4-5,8,10H2,1-3H3. The van der Waals surface area contributed by atoms with Crippen LogP contribution in [0.15, 0.2) is 18.2 Å². The molecule has 0 saturated carbocycles. The molecule has 0 radical (unpaired) electrons. The van der Waals surface area contributed by atoms with Crippen LogP contribution >= 0.6 is 0 Å². The Morgan fingerprint density at radius 1 is 1.53 bits per heavy atom. The summed E-state index contributed by atoms with van der Waals surface area (Å²) in [7, 11) is 4.21. The summed E-state index contributed by atoms with van der Waals surface area (Å²) >= 11 is 0. The molecule has 1 aliphatic heterocycles. The fourth-order valence-corrected chi connectivity index (χ4v) is 2.81. The summed E-state index contributed by atoms with van der Waals surface area (Å²) in [6, 6.07) is 4.91. The Hall–Kier alpha value is -1.13. The van der Waals surface area contributed by atoms with Crippen LogP contribution in [0.25, 0.3) is 0 Å². The van der Waals surface area contributed by atoms with Crippen molar-refractivity contribution in [2.75, 3.05) is 27.2 Å². The van der Waals surface area contributed by atoms with E-state index in [4.69, 9.17) is 0 Å². The van der Waals surface area contributed by atoms with E-state index in [2.05, 4.69) is 23.9 Å². The second-order valence-electron chi connectivity index (χ2n) is 5.60. The molecule has 0 aliphatic carbocycles. The van der Waals surface area contributed by atoms with E-state index < -0.39 is 5.82 Å². The van der Waals surface area contributed by atoms with E-state index in [1.807, 2.05) is 6.92 Å². The van der Waals surface area contributed by atoms with Gasteiger partial charge in [-0.05, 0) is 46.5 Å². The first-order valence-electron chi connectivity index (χ1n) is 6.88. The van der Waals surface area contributed by atoms with Crippen LogP contribution in [0.4, 0.5) is 4.39 Å². The highest BCUT2D eigenvalue weighted by Gasteiger charge is 2.25. The lowest BCUT2D eigenvalue weighted by Crippen LogP contribution is -2.37. The third-order valence-corrected chi connectivity index (χ3v) is 4.27. The number of hydrogen-bond donors (Lipinski definition) is 1. The molecule has 2 atom stereocenters. The van der Waals surface area contributed by atoms with Crippen LogP contribution in [-0.2, 0) is 0 Å². The molecule has 1 aromatic rings. The third-order valence-electron chi connectivity index (χ3n) is 4.27. The number of hydrogen-bond acceptors (Lipinski definition) is 3. The fraction of sp³-hybridized carbons (Fsp3) is 0.600. The van der Waals surface area contributed by atoms with Crippen molar-refractivity contribution < 1.29 is 9.50 Å². The minimum atomic E-state index is -0.397. The summed E-state index contributed by atoms with van der Waals surface area (Å²) in [5.41, 5.74) is 0.782. The molecule has 1 aromatic carbocycles. The summed E-state index contributed by atoms with van der Waals surface area (Å²) in [6.07, 6.45) is 2.48. The molecule has 0 amide bonds. The molecule has 0 bridgehead atoms. The highest BCUT2D eigenvalue weighted by molar-refractivity contribution is 5.34. The second kappa shape index (κ2) is 5.88. The molecule has 1 saturated heterocycles. The van der Waals surface area contributed by atoms with Crippen LogP contribution in [0, 0.1) is 5.82 Å². The quantitative estimate of drug-likeness (QED) is 0.907. The lowest BCUT2D eigenvalue weighted by molar-refractivity contribution is 0.183. The molecule has 0 spiro atoms. The largest absolute Gasteiger partial charge is 0.508 e. The summed E-state index contributed by atoms with van der Waals surface area (Å²) in [5, 5.41) is 9.85. The molecule has 1 aliphatic rings. The zero-order valence-corrected chi connectivity index (χ0v) is 11.9. The topological polar surface area (TPSA) is 26.7 Å². The molecule has 19 heavy (non-hydrogen) atoms. The van der Waals surface area contributed by atoms with E-state index in [-0.39, 0.29) is 11.8 Å². The first kappa shape index (κ1) is 14.3. The third kappa shape index (κ3) is 3.25. The van der Waals surface area contributed by atoms with Gasteiger partial charge in [0, 0.05) is 30.3 Å². The lowest BCUT2D eigenvalue weighted by Gasteiger charge is -2.30. The van der Waals surface area contributed by atoms with Crippen LogP contribution < -0.4 is 0 Å². The summed E-state index contributed by atoms with van der Waals surface area (Å²) in [5.74, 6) is -0.356. The maximum Gasteiger partial charge on any atom is 0.126 e. The molecule has 1 fully saturated rings. The minimum absolute atomic E-state index is 0.0409. The number of likely N-dealkylation sites (N-methyl/N-ethyl adjacent to an activating group) is 2. The van der Waals surface area contributed by atoms with E-state index in [0.29, 0.717) is 6.04 Å². The van der Waals surface area contributed by atoms with Gasteiger partial charge in [0.15, 0.2) is 0 Å². The van der Waals surface area contributed by atoms with Gasteiger partial charge >= 0.3 is 0 Å². The number of benzene rings is 1. The fourth-order valence-electron chi connectivity index (χ4n) is 2.81. The number of rotatable bonds is 4. The van der Waals surface area contributed by atoms with Crippen LogP contribution in [0.3, 0.4) is 0 Å². The average Bonchev–Trinajstić information content (AvgIpc) is 2.74. The van der Waals surface area contributed by atoms with Gasteiger partial charge < -0.3 is 10.0 Å². The van der Waals surface area contributed by atoms with E-state index in [1.54, 1.807) is 6.07 Å². The maximum atomic E-state index is 13.0. The number of phenolic OH excluding ortho intramolecular Hbond substituents is 1. The van der Waals surface area contributed by atoms with E-state index >= 15 is 0 Å². The molecular formula is C15H23FN2O. The van der Waals surface area contributed by atoms with Crippen molar-refractivity contribution in [2.24, 2.45) is 0 Å². The average molecular weight is 266 g/mol. The van der Waals surface area contributed by atoms with Crippen LogP contribution in [0.1, 0.15) is 31.4 Å². The van der Waals surface area contributed by atoms with Crippen LogP contribution in [0.2, 0.25) is 0 Å². The van der Waals surface area contributed by atoms with Crippen molar-refractivity contribution >= 4 is 0 Å². The number of halogens is 1. The van der Waals surface area contributed by atoms with Crippen molar-refractivity contribution in [1.29, 1.82) is 0 Å². The van der Waals surface area contributed by atoms with Crippen LogP contribution in [-0.4, -0.2) is 48.1 Å². The predicted molar refractivity (Wildman–Crippen MR) is 74.8 cm³/mol. The van der Waals surface area contributed by atoms with Crippen molar-refractivity contribution in [1.82, 2.24) is 9.80 Å². The van der Waals surface area contributed by atoms with Gasteiger partial charge in [0.25, 0.3) is 0 Å². The van der Waals surface area contributed by atoms with Gasteiger partial charge in [0.05, 0.1) is 0 Å².